The third-order valence-electron chi connectivity index (χ3n) is 6.30. The number of benzene rings is 2. The predicted octanol–water partition coefficient (Wildman–Crippen LogP) is 3.56. The van der Waals surface area contributed by atoms with Crippen LogP contribution >= 0.6 is 0 Å². The van der Waals surface area contributed by atoms with Gasteiger partial charge in [-0.2, -0.15) is 0 Å². The number of pyridine rings is 1. The fourth-order valence-electron chi connectivity index (χ4n) is 4.56. The van der Waals surface area contributed by atoms with Gasteiger partial charge >= 0.3 is 0 Å². The fraction of sp³-hybridized carbons (Fsp3) is 0.231. The molecule has 2 aliphatic heterocycles. The molecule has 7 nitrogen and oxygen atoms in total. The highest BCUT2D eigenvalue weighted by atomic mass is 19.1. The van der Waals surface area contributed by atoms with Gasteiger partial charge in [-0.05, 0) is 25.0 Å². The van der Waals surface area contributed by atoms with Crippen LogP contribution in [0.2, 0.25) is 0 Å². The molecule has 0 radical (unpaired) electrons. The van der Waals surface area contributed by atoms with Gasteiger partial charge < -0.3 is 14.7 Å². The summed E-state index contributed by atoms with van der Waals surface area (Å²) in [5.41, 5.74) is 0.635. The van der Waals surface area contributed by atoms with Gasteiger partial charge in [-0.1, -0.05) is 54.6 Å². The molecule has 3 aromatic rings. The van der Waals surface area contributed by atoms with Crippen molar-refractivity contribution in [1.82, 2.24) is 9.58 Å². The van der Waals surface area contributed by atoms with Crippen LogP contribution in [-0.2, 0) is 0 Å². The van der Waals surface area contributed by atoms with Crippen LogP contribution in [0.4, 0.5) is 4.39 Å². The molecular weight excluding hydrogens is 437 g/mol. The molecule has 1 amide bonds. The van der Waals surface area contributed by atoms with Gasteiger partial charge in [0.15, 0.2) is 23.0 Å². The molecule has 1 N–H and O–H groups in total. The summed E-state index contributed by atoms with van der Waals surface area (Å²) in [6, 6.07) is 14.6. The SMILES string of the molecule is C[C@H]1C/C=C\COc2c(F)cccc2[C@@H](c2ccccc2)N2CN1C(=O)c1c(O)c(=O)ccn12. The van der Waals surface area contributed by atoms with Gasteiger partial charge in [-0.15, -0.1) is 0 Å². The van der Waals surface area contributed by atoms with Gasteiger partial charge in [0, 0.05) is 23.9 Å². The lowest BCUT2D eigenvalue weighted by atomic mass is 9.96. The topological polar surface area (TPSA) is 75.0 Å². The van der Waals surface area contributed by atoms with E-state index in [1.54, 1.807) is 23.1 Å². The van der Waals surface area contributed by atoms with Gasteiger partial charge in [-0.25, -0.2) is 4.39 Å². The number of nitrogens with zero attached hydrogens (tertiary/aromatic N) is 3. The number of para-hydroxylation sites is 1. The lowest BCUT2D eigenvalue weighted by Gasteiger charge is -2.46. The Balaban J connectivity index is 1.82. The Bertz CT molecular complexity index is 1320. The number of aromatic nitrogens is 1. The Labute approximate surface area is 195 Å². The first-order valence-corrected chi connectivity index (χ1v) is 11.1. The molecular formula is C26H24FN3O4. The quantitative estimate of drug-likeness (QED) is 0.561. The van der Waals surface area contributed by atoms with Crippen molar-refractivity contribution in [3.8, 4) is 11.5 Å². The van der Waals surface area contributed by atoms with Crippen LogP contribution in [-0.4, -0.2) is 39.9 Å². The third kappa shape index (κ3) is 3.61. The minimum Gasteiger partial charge on any atom is -0.502 e. The van der Waals surface area contributed by atoms with Crippen molar-refractivity contribution >= 4 is 5.91 Å². The van der Waals surface area contributed by atoms with Crippen LogP contribution < -0.4 is 15.2 Å². The molecule has 0 spiro atoms. The average Bonchev–Trinajstić information content (AvgIpc) is 2.83. The predicted molar refractivity (Wildman–Crippen MR) is 125 cm³/mol. The Kier molecular flexibility index (Phi) is 5.57. The maximum Gasteiger partial charge on any atom is 0.278 e. The van der Waals surface area contributed by atoms with Crippen molar-refractivity contribution in [1.29, 1.82) is 0 Å². The number of amides is 1. The summed E-state index contributed by atoms with van der Waals surface area (Å²) in [5.74, 6) is -1.43. The van der Waals surface area contributed by atoms with Crippen LogP contribution in [0, 0.1) is 5.82 Å². The molecule has 2 aromatic carbocycles. The molecule has 1 aromatic heterocycles. The fourth-order valence-corrected chi connectivity index (χ4v) is 4.56. The van der Waals surface area contributed by atoms with E-state index in [1.165, 1.54) is 23.0 Å². The molecule has 8 heteroatoms. The van der Waals surface area contributed by atoms with E-state index in [2.05, 4.69) is 0 Å². The number of rotatable bonds is 1. The van der Waals surface area contributed by atoms with E-state index in [9.17, 15) is 14.7 Å². The summed E-state index contributed by atoms with van der Waals surface area (Å²) < 4.78 is 22.4. The van der Waals surface area contributed by atoms with Gasteiger partial charge in [0.2, 0.25) is 5.43 Å². The normalized spacial score (nSPS) is 20.9. The van der Waals surface area contributed by atoms with E-state index in [1.807, 2.05) is 48.3 Å². The number of ether oxygens (including phenoxy) is 1. The van der Waals surface area contributed by atoms with Crippen molar-refractivity contribution in [3.63, 3.8) is 0 Å². The standard InChI is InChI=1S/C26H24FN3O4/c1-17-8-5-6-15-34-25-19(11-7-12-20(25)27)22(18-9-3-2-4-10-18)30-16-28(17)26(33)23-24(32)21(31)13-14-29(23)30/h2-7,9-14,17,22,32H,8,15-16H2,1H3/b6-5-/t17-,22+/m0/s1. The maximum absolute atomic E-state index is 15.0. The molecule has 0 saturated carbocycles. The second kappa shape index (κ2) is 8.70. The third-order valence-corrected chi connectivity index (χ3v) is 6.30. The van der Waals surface area contributed by atoms with E-state index in [4.69, 9.17) is 4.74 Å². The van der Waals surface area contributed by atoms with Gasteiger partial charge in [0.1, 0.15) is 19.3 Å². The molecule has 2 aliphatic rings. The smallest absolute Gasteiger partial charge is 0.278 e. The molecule has 0 saturated heterocycles. The van der Waals surface area contributed by atoms with E-state index in [0.29, 0.717) is 12.0 Å². The van der Waals surface area contributed by atoms with Crippen molar-refractivity contribution in [2.24, 2.45) is 0 Å². The summed E-state index contributed by atoms with van der Waals surface area (Å²) >= 11 is 0. The zero-order valence-corrected chi connectivity index (χ0v) is 18.6. The lowest BCUT2D eigenvalue weighted by Crippen LogP contribution is -2.57. The van der Waals surface area contributed by atoms with E-state index < -0.39 is 28.9 Å². The van der Waals surface area contributed by atoms with Gasteiger partial charge in [0.25, 0.3) is 5.91 Å². The summed E-state index contributed by atoms with van der Waals surface area (Å²) in [7, 11) is 0. The Morgan fingerprint density at radius 2 is 1.82 bits per heavy atom. The van der Waals surface area contributed by atoms with Crippen LogP contribution in [0.25, 0.3) is 0 Å². The van der Waals surface area contributed by atoms with Crippen LogP contribution in [0.1, 0.15) is 41.0 Å². The highest BCUT2D eigenvalue weighted by molar-refractivity contribution is 5.96. The number of halogens is 1. The highest BCUT2D eigenvalue weighted by Gasteiger charge is 2.39. The van der Waals surface area contributed by atoms with E-state index >= 15 is 4.39 Å². The zero-order chi connectivity index (χ0) is 23.8. The van der Waals surface area contributed by atoms with Crippen molar-refractivity contribution < 1.29 is 19.0 Å². The molecule has 0 fully saturated rings. The summed E-state index contributed by atoms with van der Waals surface area (Å²) in [4.78, 5) is 27.3. The number of hydrogen-bond donors (Lipinski definition) is 1. The first-order chi connectivity index (χ1) is 16.5. The molecule has 2 atom stereocenters. The molecule has 174 valence electrons. The highest BCUT2D eigenvalue weighted by Crippen LogP contribution is 2.38. The van der Waals surface area contributed by atoms with Crippen LogP contribution in [0.15, 0.2) is 77.7 Å². The van der Waals surface area contributed by atoms with Crippen molar-refractivity contribution in [3.05, 3.63) is 106 Å². The van der Waals surface area contributed by atoms with Gasteiger partial charge in [-0.3, -0.25) is 19.3 Å². The number of fused-ring (bicyclic) bond motifs is 5. The Morgan fingerprint density at radius 3 is 2.62 bits per heavy atom. The first-order valence-electron chi connectivity index (χ1n) is 11.1. The molecule has 0 unspecified atom stereocenters. The summed E-state index contributed by atoms with van der Waals surface area (Å²) in [6.07, 6.45) is 5.68. The van der Waals surface area contributed by atoms with Gasteiger partial charge in [0.05, 0.1) is 0 Å². The monoisotopic (exact) mass is 461 g/mol. The lowest BCUT2D eigenvalue weighted by molar-refractivity contribution is 0.0606. The van der Waals surface area contributed by atoms with Crippen molar-refractivity contribution in [2.45, 2.75) is 25.4 Å². The van der Waals surface area contributed by atoms with E-state index in [0.717, 1.165) is 5.56 Å². The second-order valence-electron chi connectivity index (χ2n) is 8.42. The minimum atomic E-state index is -0.638. The average molecular weight is 461 g/mol. The maximum atomic E-state index is 15.0. The zero-order valence-electron chi connectivity index (χ0n) is 18.6. The molecule has 5 rings (SSSR count). The minimum absolute atomic E-state index is 0.116. The molecule has 0 aliphatic carbocycles. The molecule has 2 bridgehead atoms. The Hall–Kier alpha value is -4.07. The summed E-state index contributed by atoms with van der Waals surface area (Å²) in [5, 5.41) is 12.5. The number of carbonyl (C=O) groups is 1. The number of carbonyl (C=O) groups excluding carboxylic acids is 1. The largest absolute Gasteiger partial charge is 0.502 e. The summed E-state index contributed by atoms with van der Waals surface area (Å²) in [6.45, 7) is 2.24. The Morgan fingerprint density at radius 1 is 1.03 bits per heavy atom. The first kappa shape index (κ1) is 21.8. The van der Waals surface area contributed by atoms with Crippen molar-refractivity contribution in [2.75, 3.05) is 18.3 Å². The molecule has 3 heterocycles. The van der Waals surface area contributed by atoms with Crippen LogP contribution in [0.3, 0.4) is 0 Å². The molecule has 34 heavy (non-hydrogen) atoms. The van der Waals surface area contributed by atoms with Crippen LogP contribution in [0.5, 0.6) is 11.5 Å². The number of hydrogen-bond acceptors (Lipinski definition) is 5. The second-order valence-corrected chi connectivity index (χ2v) is 8.42. The van der Waals surface area contributed by atoms with E-state index in [-0.39, 0.29) is 30.8 Å². The number of aromatic hydroxyl groups is 1.